The van der Waals surface area contributed by atoms with Crippen LogP contribution in [-0.2, 0) is 4.79 Å². The Hall–Kier alpha value is -1.13. The number of nitrogens with one attached hydrogen (secondary N) is 2. The molecule has 5 heteroatoms. The van der Waals surface area contributed by atoms with E-state index in [2.05, 4.69) is 15.6 Å². The smallest absolute Gasteiger partial charge is 0.238 e. The molecule has 0 radical (unpaired) electrons. The summed E-state index contributed by atoms with van der Waals surface area (Å²) in [6.07, 6.45) is 4.11. The SMILES string of the molecule is CCCNCC(=O)Nc1cnccc1Cl. The number of anilines is 1. The van der Waals surface area contributed by atoms with Crippen LogP contribution in [0.5, 0.6) is 0 Å². The minimum absolute atomic E-state index is 0.113. The van der Waals surface area contributed by atoms with E-state index in [0.29, 0.717) is 17.3 Å². The fourth-order valence-electron chi connectivity index (χ4n) is 1.04. The lowest BCUT2D eigenvalue weighted by atomic mass is 10.4. The lowest BCUT2D eigenvalue weighted by Crippen LogP contribution is -2.28. The average Bonchev–Trinajstić information content (AvgIpc) is 2.22. The Morgan fingerprint density at radius 1 is 1.60 bits per heavy atom. The maximum Gasteiger partial charge on any atom is 0.238 e. The van der Waals surface area contributed by atoms with Gasteiger partial charge >= 0.3 is 0 Å². The lowest BCUT2D eigenvalue weighted by molar-refractivity contribution is -0.115. The number of nitrogens with zero attached hydrogens (tertiary/aromatic N) is 1. The minimum atomic E-state index is -0.113. The molecular weight excluding hydrogens is 214 g/mol. The highest BCUT2D eigenvalue weighted by Gasteiger charge is 2.04. The maximum atomic E-state index is 11.4. The Morgan fingerprint density at radius 3 is 3.07 bits per heavy atom. The second kappa shape index (κ2) is 6.37. The van der Waals surface area contributed by atoms with E-state index in [-0.39, 0.29) is 5.91 Å². The zero-order valence-corrected chi connectivity index (χ0v) is 9.34. The third-order valence-electron chi connectivity index (χ3n) is 1.75. The van der Waals surface area contributed by atoms with E-state index in [1.165, 1.54) is 6.20 Å². The number of pyridine rings is 1. The standard InChI is InChI=1S/C10H14ClN3O/c1-2-4-12-7-10(15)14-9-6-13-5-3-8(9)11/h3,5-6,12H,2,4,7H2,1H3,(H,14,15). The van der Waals surface area contributed by atoms with Crippen LogP contribution in [0.3, 0.4) is 0 Å². The highest BCUT2D eigenvalue weighted by Crippen LogP contribution is 2.18. The summed E-state index contributed by atoms with van der Waals surface area (Å²) in [5.41, 5.74) is 0.544. The summed E-state index contributed by atoms with van der Waals surface area (Å²) in [5.74, 6) is -0.113. The van der Waals surface area contributed by atoms with E-state index < -0.39 is 0 Å². The molecule has 2 N–H and O–H groups in total. The molecule has 1 aromatic rings. The number of carbonyl (C=O) groups is 1. The molecule has 0 saturated carbocycles. The largest absolute Gasteiger partial charge is 0.322 e. The Kier molecular flexibility index (Phi) is 5.07. The number of aromatic nitrogens is 1. The van der Waals surface area contributed by atoms with Gasteiger partial charge in [0.25, 0.3) is 0 Å². The molecule has 4 nitrogen and oxygen atoms in total. The Balaban J connectivity index is 2.41. The molecule has 0 saturated heterocycles. The molecule has 1 rings (SSSR count). The topological polar surface area (TPSA) is 54.0 Å². The Morgan fingerprint density at radius 2 is 2.40 bits per heavy atom. The van der Waals surface area contributed by atoms with E-state index in [1.54, 1.807) is 12.3 Å². The molecule has 1 amide bonds. The highest BCUT2D eigenvalue weighted by molar-refractivity contribution is 6.33. The third-order valence-corrected chi connectivity index (χ3v) is 2.08. The van der Waals surface area contributed by atoms with Crippen LogP contribution < -0.4 is 10.6 Å². The molecule has 82 valence electrons. The summed E-state index contributed by atoms with van der Waals surface area (Å²) in [4.78, 5) is 15.3. The normalized spacial score (nSPS) is 10.0. The quantitative estimate of drug-likeness (QED) is 0.753. The number of hydrogen-bond acceptors (Lipinski definition) is 3. The summed E-state index contributed by atoms with van der Waals surface area (Å²) in [7, 11) is 0. The monoisotopic (exact) mass is 227 g/mol. The van der Waals surface area contributed by atoms with Gasteiger partial charge in [0.1, 0.15) is 0 Å². The predicted molar refractivity (Wildman–Crippen MR) is 61.0 cm³/mol. The van der Waals surface area contributed by atoms with Crippen molar-refractivity contribution in [3.63, 3.8) is 0 Å². The first-order valence-electron chi connectivity index (χ1n) is 4.84. The van der Waals surface area contributed by atoms with Gasteiger partial charge in [-0.2, -0.15) is 0 Å². The molecule has 15 heavy (non-hydrogen) atoms. The van der Waals surface area contributed by atoms with Crippen LogP contribution in [0.2, 0.25) is 5.02 Å². The first-order valence-corrected chi connectivity index (χ1v) is 5.22. The van der Waals surface area contributed by atoms with E-state index in [1.807, 2.05) is 6.92 Å². The van der Waals surface area contributed by atoms with Gasteiger partial charge in [-0.3, -0.25) is 9.78 Å². The summed E-state index contributed by atoms with van der Waals surface area (Å²) < 4.78 is 0. The summed E-state index contributed by atoms with van der Waals surface area (Å²) in [5, 5.41) is 6.17. The second-order valence-corrected chi connectivity index (χ2v) is 3.49. The lowest BCUT2D eigenvalue weighted by Gasteiger charge is -2.06. The Bertz CT molecular complexity index is 330. The summed E-state index contributed by atoms with van der Waals surface area (Å²) in [6.45, 7) is 3.16. The molecule has 0 aliphatic carbocycles. The van der Waals surface area contributed by atoms with E-state index >= 15 is 0 Å². The Labute approximate surface area is 94.0 Å². The van der Waals surface area contributed by atoms with Gasteiger partial charge < -0.3 is 10.6 Å². The van der Waals surface area contributed by atoms with Crippen molar-refractivity contribution in [2.24, 2.45) is 0 Å². The molecule has 0 bridgehead atoms. The minimum Gasteiger partial charge on any atom is -0.322 e. The van der Waals surface area contributed by atoms with Gasteiger partial charge in [0, 0.05) is 6.20 Å². The maximum absolute atomic E-state index is 11.4. The van der Waals surface area contributed by atoms with Crippen molar-refractivity contribution < 1.29 is 4.79 Å². The van der Waals surface area contributed by atoms with Crippen molar-refractivity contribution in [1.29, 1.82) is 0 Å². The molecule has 0 fully saturated rings. The van der Waals surface area contributed by atoms with Crippen LogP contribution in [0.4, 0.5) is 5.69 Å². The number of hydrogen-bond donors (Lipinski definition) is 2. The second-order valence-electron chi connectivity index (χ2n) is 3.08. The van der Waals surface area contributed by atoms with Gasteiger partial charge in [-0.15, -0.1) is 0 Å². The predicted octanol–water partition coefficient (Wildman–Crippen LogP) is 1.67. The molecule has 0 spiro atoms. The van der Waals surface area contributed by atoms with Gasteiger partial charge in [0.2, 0.25) is 5.91 Å². The van der Waals surface area contributed by atoms with E-state index in [9.17, 15) is 4.79 Å². The van der Waals surface area contributed by atoms with E-state index in [0.717, 1.165) is 13.0 Å². The fourth-order valence-corrected chi connectivity index (χ4v) is 1.19. The van der Waals surface area contributed by atoms with Crippen LogP contribution in [0, 0.1) is 0 Å². The molecule has 1 heterocycles. The molecular formula is C10H14ClN3O. The van der Waals surface area contributed by atoms with Gasteiger partial charge in [0.15, 0.2) is 0 Å². The van der Waals surface area contributed by atoms with Crippen LogP contribution in [0.1, 0.15) is 13.3 Å². The molecule has 1 aromatic heterocycles. The number of rotatable bonds is 5. The molecule has 0 unspecified atom stereocenters. The van der Waals surface area contributed by atoms with Crippen molar-refractivity contribution in [2.75, 3.05) is 18.4 Å². The first-order chi connectivity index (χ1) is 7.24. The van der Waals surface area contributed by atoms with E-state index in [4.69, 9.17) is 11.6 Å². The number of halogens is 1. The van der Waals surface area contributed by atoms with Crippen molar-refractivity contribution in [3.05, 3.63) is 23.5 Å². The van der Waals surface area contributed by atoms with Gasteiger partial charge in [0.05, 0.1) is 23.5 Å². The molecule has 0 aliphatic rings. The van der Waals surface area contributed by atoms with Gasteiger partial charge in [-0.1, -0.05) is 18.5 Å². The van der Waals surface area contributed by atoms with Crippen LogP contribution in [-0.4, -0.2) is 24.0 Å². The van der Waals surface area contributed by atoms with Crippen LogP contribution in [0.15, 0.2) is 18.5 Å². The molecule has 0 atom stereocenters. The van der Waals surface area contributed by atoms with Crippen LogP contribution in [0.25, 0.3) is 0 Å². The summed E-state index contributed by atoms with van der Waals surface area (Å²) in [6, 6.07) is 1.64. The zero-order chi connectivity index (χ0) is 11.1. The zero-order valence-electron chi connectivity index (χ0n) is 8.59. The first kappa shape index (κ1) is 11.9. The molecule has 0 aliphatic heterocycles. The number of amides is 1. The highest BCUT2D eigenvalue weighted by atomic mass is 35.5. The van der Waals surface area contributed by atoms with Gasteiger partial charge in [-0.05, 0) is 19.0 Å². The van der Waals surface area contributed by atoms with Gasteiger partial charge in [-0.25, -0.2) is 0 Å². The third kappa shape index (κ3) is 4.27. The average molecular weight is 228 g/mol. The summed E-state index contributed by atoms with van der Waals surface area (Å²) >= 11 is 5.85. The van der Waals surface area contributed by atoms with Crippen molar-refractivity contribution >= 4 is 23.2 Å². The van der Waals surface area contributed by atoms with Crippen molar-refractivity contribution in [3.8, 4) is 0 Å². The number of carbonyl (C=O) groups excluding carboxylic acids is 1. The van der Waals surface area contributed by atoms with Crippen LogP contribution >= 0.6 is 11.6 Å². The fraction of sp³-hybridized carbons (Fsp3) is 0.400. The van der Waals surface area contributed by atoms with Crippen molar-refractivity contribution in [1.82, 2.24) is 10.3 Å². The van der Waals surface area contributed by atoms with Crippen molar-refractivity contribution in [2.45, 2.75) is 13.3 Å². The molecule has 0 aromatic carbocycles.